The molecule has 1 N–H and O–H groups in total. The molecule has 1 amide bonds. The van der Waals surface area contributed by atoms with E-state index in [1.54, 1.807) is 0 Å². The van der Waals surface area contributed by atoms with Gasteiger partial charge in [0.15, 0.2) is 0 Å². The van der Waals surface area contributed by atoms with E-state index in [1.165, 1.54) is 36.8 Å². The van der Waals surface area contributed by atoms with E-state index < -0.39 is 0 Å². The summed E-state index contributed by atoms with van der Waals surface area (Å²) >= 11 is 0. The quantitative estimate of drug-likeness (QED) is 0.872. The summed E-state index contributed by atoms with van der Waals surface area (Å²) in [4.78, 5) is 12.5. The number of amides is 1. The van der Waals surface area contributed by atoms with Crippen LogP contribution in [0.25, 0.3) is 0 Å². The first-order valence-corrected chi connectivity index (χ1v) is 8.08. The number of benzene rings is 1. The zero-order valence-electron chi connectivity index (χ0n) is 12.6. The van der Waals surface area contributed by atoms with E-state index in [0.717, 1.165) is 18.4 Å². The van der Waals surface area contributed by atoms with Crippen molar-refractivity contribution < 1.29 is 4.79 Å². The van der Waals surface area contributed by atoms with Crippen LogP contribution in [-0.2, 0) is 12.8 Å². The Bertz CT molecular complexity index is 508. The van der Waals surface area contributed by atoms with Crippen molar-refractivity contribution in [1.29, 1.82) is 0 Å². The van der Waals surface area contributed by atoms with Crippen LogP contribution in [0.5, 0.6) is 0 Å². The van der Waals surface area contributed by atoms with Crippen molar-refractivity contribution in [3.8, 4) is 0 Å². The molecule has 1 saturated carbocycles. The first kappa shape index (κ1) is 13.7. The molecule has 0 aromatic heterocycles. The van der Waals surface area contributed by atoms with Gasteiger partial charge in [-0.1, -0.05) is 32.8 Å². The monoisotopic (exact) mass is 271 g/mol. The topological polar surface area (TPSA) is 29.1 Å². The Hall–Kier alpha value is -1.31. The van der Waals surface area contributed by atoms with Gasteiger partial charge in [0, 0.05) is 11.6 Å². The highest BCUT2D eigenvalue weighted by atomic mass is 16.1. The van der Waals surface area contributed by atoms with Crippen LogP contribution < -0.4 is 5.32 Å². The fraction of sp³-hybridized carbons (Fsp3) is 0.611. The summed E-state index contributed by atoms with van der Waals surface area (Å²) in [5, 5.41) is 3.27. The maximum Gasteiger partial charge on any atom is 0.251 e. The number of nitrogens with one attached hydrogen (secondary N) is 1. The molecule has 1 aromatic carbocycles. The Morgan fingerprint density at radius 2 is 1.90 bits per heavy atom. The summed E-state index contributed by atoms with van der Waals surface area (Å²) in [5.74, 6) is 1.42. The first-order chi connectivity index (χ1) is 9.65. The third-order valence-electron chi connectivity index (χ3n) is 5.38. The highest BCUT2D eigenvalue weighted by Gasteiger charge is 2.28. The van der Waals surface area contributed by atoms with Crippen LogP contribution in [0.2, 0.25) is 0 Å². The smallest absolute Gasteiger partial charge is 0.251 e. The van der Waals surface area contributed by atoms with Crippen LogP contribution in [-0.4, -0.2) is 11.9 Å². The summed E-state index contributed by atoms with van der Waals surface area (Å²) in [6.07, 6.45) is 7.20. The third-order valence-corrected chi connectivity index (χ3v) is 5.38. The number of rotatable bonds is 2. The number of aryl methyl sites for hydroxylation is 2. The van der Waals surface area contributed by atoms with Gasteiger partial charge in [0.2, 0.25) is 0 Å². The average molecular weight is 271 g/mol. The van der Waals surface area contributed by atoms with E-state index in [2.05, 4.69) is 31.3 Å². The van der Waals surface area contributed by atoms with Crippen molar-refractivity contribution in [1.82, 2.24) is 5.32 Å². The zero-order chi connectivity index (χ0) is 14.1. The van der Waals surface area contributed by atoms with Gasteiger partial charge in [0.05, 0.1) is 0 Å². The lowest BCUT2D eigenvalue weighted by molar-refractivity contribution is 0.0891. The van der Waals surface area contributed by atoms with Crippen molar-refractivity contribution in [3.63, 3.8) is 0 Å². The molecular weight excluding hydrogens is 246 g/mol. The molecule has 20 heavy (non-hydrogen) atoms. The van der Waals surface area contributed by atoms with E-state index in [4.69, 9.17) is 0 Å². The minimum absolute atomic E-state index is 0.116. The van der Waals surface area contributed by atoms with Gasteiger partial charge in [-0.15, -0.1) is 0 Å². The van der Waals surface area contributed by atoms with Crippen LogP contribution in [0.1, 0.15) is 61.0 Å². The van der Waals surface area contributed by atoms with Crippen LogP contribution in [0.3, 0.4) is 0 Å². The molecule has 108 valence electrons. The second-order valence-corrected chi connectivity index (χ2v) is 6.68. The predicted molar refractivity (Wildman–Crippen MR) is 81.9 cm³/mol. The third kappa shape index (κ3) is 2.61. The summed E-state index contributed by atoms with van der Waals surface area (Å²) < 4.78 is 0. The van der Waals surface area contributed by atoms with Gasteiger partial charge in [-0.2, -0.15) is 0 Å². The second-order valence-electron chi connectivity index (χ2n) is 6.68. The van der Waals surface area contributed by atoms with E-state index >= 15 is 0 Å². The number of hydrogen-bond donors (Lipinski definition) is 1. The van der Waals surface area contributed by atoms with Crippen molar-refractivity contribution in [2.24, 2.45) is 11.8 Å². The van der Waals surface area contributed by atoms with E-state index in [9.17, 15) is 4.79 Å². The number of carbonyl (C=O) groups excluding carboxylic acids is 1. The summed E-state index contributed by atoms with van der Waals surface area (Å²) in [6.45, 7) is 4.58. The van der Waals surface area contributed by atoms with Crippen molar-refractivity contribution >= 4 is 5.91 Å². The lowest BCUT2D eigenvalue weighted by Gasteiger charge is -2.34. The molecule has 0 heterocycles. The highest BCUT2D eigenvalue weighted by molar-refractivity contribution is 5.94. The van der Waals surface area contributed by atoms with E-state index in [0.29, 0.717) is 17.9 Å². The molecule has 0 saturated heterocycles. The van der Waals surface area contributed by atoms with Crippen LogP contribution in [0.15, 0.2) is 18.2 Å². The molecular formula is C18H25NO. The Labute approximate surface area is 122 Å². The molecule has 2 heteroatoms. The number of carbonyl (C=O) groups is 1. The molecule has 0 aliphatic heterocycles. The maximum absolute atomic E-state index is 12.5. The van der Waals surface area contributed by atoms with Gasteiger partial charge in [-0.3, -0.25) is 4.79 Å². The lowest BCUT2D eigenvalue weighted by Crippen LogP contribution is -2.43. The van der Waals surface area contributed by atoms with Gasteiger partial charge >= 0.3 is 0 Å². The fourth-order valence-corrected chi connectivity index (χ4v) is 3.75. The molecule has 0 bridgehead atoms. The van der Waals surface area contributed by atoms with Crippen molar-refractivity contribution in [2.45, 2.75) is 58.4 Å². The molecule has 3 atom stereocenters. The molecule has 1 fully saturated rings. The summed E-state index contributed by atoms with van der Waals surface area (Å²) in [5.41, 5.74) is 3.65. The minimum Gasteiger partial charge on any atom is -0.349 e. The van der Waals surface area contributed by atoms with Gasteiger partial charge < -0.3 is 5.32 Å². The minimum atomic E-state index is 0.116. The molecule has 2 aliphatic rings. The standard InChI is InChI=1S/C18H25NO/c1-12-5-3-8-17(13(12)2)19-18(20)16-10-9-14-6-4-7-15(14)11-16/h9-13,17H,3-8H2,1-2H3,(H,19,20)/t12-,13+,17+/m1/s1. The Kier molecular flexibility index (Phi) is 3.82. The van der Waals surface area contributed by atoms with Crippen molar-refractivity contribution in [2.75, 3.05) is 0 Å². The van der Waals surface area contributed by atoms with Crippen LogP contribution in [0.4, 0.5) is 0 Å². The van der Waals surface area contributed by atoms with Gasteiger partial charge in [-0.25, -0.2) is 0 Å². The largest absolute Gasteiger partial charge is 0.349 e. The van der Waals surface area contributed by atoms with Crippen molar-refractivity contribution in [3.05, 3.63) is 34.9 Å². The molecule has 3 rings (SSSR count). The van der Waals surface area contributed by atoms with Gasteiger partial charge in [0.25, 0.3) is 5.91 Å². The molecule has 2 aliphatic carbocycles. The molecule has 2 nitrogen and oxygen atoms in total. The molecule has 0 unspecified atom stereocenters. The Morgan fingerprint density at radius 3 is 2.75 bits per heavy atom. The average Bonchev–Trinajstić information content (AvgIpc) is 2.91. The van der Waals surface area contributed by atoms with Gasteiger partial charge in [0.1, 0.15) is 0 Å². The van der Waals surface area contributed by atoms with Crippen LogP contribution in [0, 0.1) is 11.8 Å². The molecule has 1 aromatic rings. The maximum atomic E-state index is 12.5. The normalized spacial score (nSPS) is 29.0. The summed E-state index contributed by atoms with van der Waals surface area (Å²) in [6, 6.07) is 6.59. The summed E-state index contributed by atoms with van der Waals surface area (Å²) in [7, 11) is 0. The van der Waals surface area contributed by atoms with E-state index in [1.807, 2.05) is 6.07 Å². The van der Waals surface area contributed by atoms with Gasteiger partial charge in [-0.05, 0) is 60.8 Å². The predicted octanol–water partition coefficient (Wildman–Crippen LogP) is 3.73. The SMILES string of the molecule is C[C@H]1[C@H](C)CCC[C@@H]1NC(=O)c1ccc2c(c1)CCC2. The zero-order valence-corrected chi connectivity index (χ0v) is 12.6. The molecule has 0 spiro atoms. The van der Waals surface area contributed by atoms with Crippen LogP contribution >= 0.6 is 0 Å². The first-order valence-electron chi connectivity index (χ1n) is 8.08. The molecule has 0 radical (unpaired) electrons. The number of hydrogen-bond acceptors (Lipinski definition) is 1. The highest BCUT2D eigenvalue weighted by Crippen LogP contribution is 2.30. The Balaban J connectivity index is 1.70. The van der Waals surface area contributed by atoms with E-state index in [-0.39, 0.29) is 5.91 Å². The fourth-order valence-electron chi connectivity index (χ4n) is 3.75. The lowest BCUT2D eigenvalue weighted by atomic mass is 9.78. The Morgan fingerprint density at radius 1 is 1.10 bits per heavy atom. The number of fused-ring (bicyclic) bond motifs is 1. The second kappa shape index (κ2) is 5.59.